The first-order chi connectivity index (χ1) is 9.84. The van der Waals surface area contributed by atoms with Crippen LogP contribution >= 0.6 is 0 Å². The Balaban J connectivity index is 1.67. The highest BCUT2D eigenvalue weighted by molar-refractivity contribution is 5.80. The summed E-state index contributed by atoms with van der Waals surface area (Å²) < 4.78 is 0. The van der Waals surface area contributed by atoms with Gasteiger partial charge >= 0.3 is 0 Å². The third kappa shape index (κ3) is 10.2. The van der Waals surface area contributed by atoms with E-state index >= 15 is 0 Å². The van der Waals surface area contributed by atoms with Crippen molar-refractivity contribution in [2.45, 2.75) is 39.0 Å². The van der Waals surface area contributed by atoms with Crippen molar-refractivity contribution in [2.24, 2.45) is 5.92 Å². The number of hydrogen-bond acceptors (Lipinski definition) is 4. The van der Waals surface area contributed by atoms with Gasteiger partial charge in [0.2, 0.25) is 5.91 Å². The van der Waals surface area contributed by atoms with Crippen molar-refractivity contribution < 1.29 is 4.79 Å². The van der Waals surface area contributed by atoms with Gasteiger partial charge in [0.25, 0.3) is 0 Å². The monoisotopic (exact) mass is 284 g/mol. The topological polar surface area (TPSA) is 65.2 Å². The Hall–Kier alpha value is -0.650. The van der Waals surface area contributed by atoms with Gasteiger partial charge in [0.15, 0.2) is 0 Å². The summed E-state index contributed by atoms with van der Waals surface area (Å²) in [5.41, 5.74) is 0. The average molecular weight is 284 g/mol. The maximum absolute atomic E-state index is 11.4. The van der Waals surface area contributed by atoms with Crippen LogP contribution in [-0.4, -0.2) is 51.7 Å². The van der Waals surface area contributed by atoms with Crippen molar-refractivity contribution in [1.82, 2.24) is 21.3 Å². The van der Waals surface area contributed by atoms with E-state index in [2.05, 4.69) is 28.2 Å². The fraction of sp³-hybridized carbons (Fsp3) is 0.933. The molecule has 20 heavy (non-hydrogen) atoms. The van der Waals surface area contributed by atoms with Crippen LogP contribution in [0.5, 0.6) is 0 Å². The molecule has 0 bridgehead atoms. The molecule has 1 amide bonds. The zero-order valence-electron chi connectivity index (χ0n) is 13.0. The lowest BCUT2D eigenvalue weighted by Gasteiger charge is -2.07. The molecule has 4 N–H and O–H groups in total. The Kier molecular flexibility index (Phi) is 10.5. The Morgan fingerprint density at radius 2 is 1.35 bits per heavy atom. The van der Waals surface area contributed by atoms with E-state index in [1.807, 2.05) is 0 Å². The van der Waals surface area contributed by atoms with Gasteiger partial charge in [0, 0.05) is 12.5 Å². The molecule has 1 fully saturated rings. The summed E-state index contributed by atoms with van der Waals surface area (Å²) in [6.07, 6.45) is 5.56. The first kappa shape index (κ1) is 17.4. The molecule has 1 aliphatic carbocycles. The number of nitrogens with one attached hydrogen (secondary N) is 4. The molecule has 1 rings (SSSR count). The van der Waals surface area contributed by atoms with Gasteiger partial charge in [-0.25, -0.2) is 0 Å². The van der Waals surface area contributed by atoms with Crippen molar-refractivity contribution >= 4 is 5.91 Å². The lowest BCUT2D eigenvalue weighted by molar-refractivity contribution is -0.122. The molecule has 0 heterocycles. The van der Waals surface area contributed by atoms with Crippen LogP contribution in [0.1, 0.15) is 39.0 Å². The van der Waals surface area contributed by atoms with Crippen LogP contribution in [0, 0.1) is 5.92 Å². The van der Waals surface area contributed by atoms with E-state index in [9.17, 15) is 4.79 Å². The molecule has 0 aliphatic heterocycles. The molecule has 0 aromatic carbocycles. The lowest BCUT2D eigenvalue weighted by atomic mass is 10.3. The second-order valence-corrected chi connectivity index (χ2v) is 5.48. The van der Waals surface area contributed by atoms with Crippen molar-refractivity contribution in [3.05, 3.63) is 0 Å². The van der Waals surface area contributed by atoms with Crippen molar-refractivity contribution in [3.8, 4) is 0 Å². The number of amides is 1. The molecule has 0 aromatic rings. The molecule has 118 valence electrons. The zero-order valence-corrected chi connectivity index (χ0v) is 13.0. The molecule has 1 saturated carbocycles. The van der Waals surface area contributed by atoms with Crippen molar-refractivity contribution in [1.29, 1.82) is 0 Å². The summed E-state index contributed by atoms with van der Waals surface area (Å²) in [7, 11) is 0. The van der Waals surface area contributed by atoms with E-state index in [0.29, 0.717) is 5.92 Å². The third-order valence-electron chi connectivity index (χ3n) is 3.44. The van der Waals surface area contributed by atoms with Crippen LogP contribution in [0.2, 0.25) is 0 Å². The van der Waals surface area contributed by atoms with Gasteiger partial charge in [-0.05, 0) is 71.4 Å². The van der Waals surface area contributed by atoms with Crippen molar-refractivity contribution in [3.63, 3.8) is 0 Å². The molecule has 0 spiro atoms. The van der Waals surface area contributed by atoms with Crippen LogP contribution in [0.25, 0.3) is 0 Å². The zero-order chi connectivity index (χ0) is 14.5. The van der Waals surface area contributed by atoms with Gasteiger partial charge in [-0.1, -0.05) is 6.92 Å². The number of carbonyl (C=O) groups is 1. The van der Waals surface area contributed by atoms with E-state index in [4.69, 9.17) is 0 Å². The van der Waals surface area contributed by atoms with E-state index < -0.39 is 0 Å². The Bertz CT molecular complexity index is 244. The minimum absolute atomic E-state index is 0.256. The maximum Gasteiger partial charge on any atom is 0.223 e. The highest BCUT2D eigenvalue weighted by Crippen LogP contribution is 2.28. The first-order valence-electron chi connectivity index (χ1n) is 8.24. The molecular formula is C15H32N4O. The smallest absolute Gasteiger partial charge is 0.223 e. The largest absolute Gasteiger partial charge is 0.356 e. The highest BCUT2D eigenvalue weighted by Gasteiger charge is 2.28. The molecule has 0 radical (unpaired) electrons. The SMILES string of the molecule is CCNCCCNCCCNCCCNC(=O)C1CC1. The van der Waals surface area contributed by atoms with Crippen LogP contribution in [0.15, 0.2) is 0 Å². The second kappa shape index (κ2) is 12.1. The van der Waals surface area contributed by atoms with Crippen LogP contribution in [-0.2, 0) is 4.79 Å². The van der Waals surface area contributed by atoms with E-state index in [1.165, 1.54) is 6.42 Å². The van der Waals surface area contributed by atoms with Gasteiger partial charge in [0.05, 0.1) is 0 Å². The minimum atomic E-state index is 0.256. The second-order valence-electron chi connectivity index (χ2n) is 5.48. The molecule has 0 atom stereocenters. The summed E-state index contributed by atoms with van der Waals surface area (Å²) in [6.45, 7) is 9.33. The molecule has 1 aliphatic rings. The van der Waals surface area contributed by atoms with Gasteiger partial charge in [0.1, 0.15) is 0 Å². The first-order valence-corrected chi connectivity index (χ1v) is 8.24. The average Bonchev–Trinajstić information content (AvgIpc) is 3.28. The summed E-state index contributed by atoms with van der Waals surface area (Å²) in [6, 6.07) is 0. The molecule has 0 aromatic heterocycles. The van der Waals surface area contributed by atoms with Gasteiger partial charge in [-0.2, -0.15) is 0 Å². The van der Waals surface area contributed by atoms with E-state index in [-0.39, 0.29) is 5.91 Å². The summed E-state index contributed by atoms with van der Waals surface area (Å²) >= 11 is 0. The molecule has 5 nitrogen and oxygen atoms in total. The van der Waals surface area contributed by atoms with Crippen molar-refractivity contribution in [2.75, 3.05) is 45.8 Å². The quantitative estimate of drug-likeness (QED) is 0.350. The number of hydrogen-bond donors (Lipinski definition) is 4. The van der Waals surface area contributed by atoms with E-state index in [0.717, 1.165) is 71.5 Å². The normalized spacial score (nSPS) is 14.4. The lowest BCUT2D eigenvalue weighted by Crippen LogP contribution is -2.29. The predicted octanol–water partition coefficient (Wildman–Crippen LogP) is 0.472. The van der Waals surface area contributed by atoms with Crippen LogP contribution in [0.3, 0.4) is 0 Å². The predicted molar refractivity (Wildman–Crippen MR) is 83.9 cm³/mol. The fourth-order valence-corrected chi connectivity index (χ4v) is 2.02. The summed E-state index contributed by atoms with van der Waals surface area (Å²) in [5, 5.41) is 13.2. The standard InChI is InChI=1S/C15H32N4O/c1-2-16-8-3-9-17-10-4-11-18-12-5-13-19-15(20)14-6-7-14/h14,16-18H,2-13H2,1H3,(H,19,20). The van der Waals surface area contributed by atoms with Gasteiger partial charge in [-0.3, -0.25) is 4.79 Å². The number of rotatable bonds is 14. The molecule has 0 saturated heterocycles. The van der Waals surface area contributed by atoms with Gasteiger partial charge in [-0.15, -0.1) is 0 Å². The number of carbonyl (C=O) groups excluding carboxylic acids is 1. The minimum Gasteiger partial charge on any atom is -0.356 e. The fourth-order valence-electron chi connectivity index (χ4n) is 2.02. The third-order valence-corrected chi connectivity index (χ3v) is 3.44. The van der Waals surface area contributed by atoms with Crippen LogP contribution in [0.4, 0.5) is 0 Å². The molecular weight excluding hydrogens is 252 g/mol. The Morgan fingerprint density at radius 3 is 1.85 bits per heavy atom. The Labute approximate surface area is 123 Å². The molecule has 5 heteroatoms. The summed E-state index contributed by atoms with van der Waals surface area (Å²) in [4.78, 5) is 11.4. The Morgan fingerprint density at radius 1 is 0.850 bits per heavy atom. The maximum atomic E-state index is 11.4. The highest BCUT2D eigenvalue weighted by atomic mass is 16.2. The van der Waals surface area contributed by atoms with Gasteiger partial charge < -0.3 is 21.3 Å². The molecule has 0 unspecified atom stereocenters. The van der Waals surface area contributed by atoms with E-state index in [1.54, 1.807) is 0 Å². The summed E-state index contributed by atoms with van der Waals surface area (Å²) in [5.74, 6) is 0.591. The van der Waals surface area contributed by atoms with Crippen LogP contribution < -0.4 is 21.3 Å².